The van der Waals surface area contributed by atoms with Gasteiger partial charge in [-0.2, -0.15) is 0 Å². The predicted octanol–water partition coefficient (Wildman–Crippen LogP) is 11.4. The van der Waals surface area contributed by atoms with Crippen molar-refractivity contribution in [2.24, 2.45) is 0 Å². The van der Waals surface area contributed by atoms with E-state index in [0.717, 1.165) is 22.5 Å². The number of hydrogen-bond donors (Lipinski definition) is 0. The summed E-state index contributed by atoms with van der Waals surface area (Å²) in [5.41, 5.74) is 11.7. The molecule has 0 saturated carbocycles. The van der Waals surface area contributed by atoms with Gasteiger partial charge in [0.05, 0.1) is 0 Å². The first-order valence-electron chi connectivity index (χ1n) is 15.0. The Labute approximate surface area is 261 Å². The van der Waals surface area contributed by atoms with Gasteiger partial charge in [0, 0.05) is 23.1 Å². The van der Waals surface area contributed by atoms with E-state index in [9.17, 15) is 0 Å². The molecule has 0 N–H and O–H groups in total. The Balaban J connectivity index is 1.35. The number of aryl methyl sites for hydroxylation is 1. The lowest BCUT2D eigenvalue weighted by atomic mass is 9.97. The van der Waals surface area contributed by atoms with Crippen LogP contribution in [0.4, 0.5) is 11.4 Å². The van der Waals surface area contributed by atoms with Gasteiger partial charge in [-0.05, 0) is 64.6 Å². The van der Waals surface area contributed by atoms with Gasteiger partial charge in [0.15, 0.2) is 0 Å². The zero-order valence-corrected chi connectivity index (χ0v) is 24.9. The molecule has 0 atom stereocenters. The van der Waals surface area contributed by atoms with Gasteiger partial charge in [0.1, 0.15) is 0 Å². The Kier molecular flexibility index (Phi) is 9.06. The van der Waals surface area contributed by atoms with Crippen LogP contribution in [-0.2, 0) is 0 Å². The van der Waals surface area contributed by atoms with Crippen molar-refractivity contribution in [1.29, 1.82) is 0 Å². The van der Waals surface area contributed by atoms with Crippen LogP contribution in [0.1, 0.15) is 33.4 Å². The SMILES string of the molecule is Cc1ccc(N(C=C(c2ccccc2)c2ccccc2)c2ccc(C=CC=C(c3ccccc3)c3ccccc3)cc2)cc1. The van der Waals surface area contributed by atoms with Gasteiger partial charge in [-0.3, -0.25) is 0 Å². The fourth-order valence-corrected chi connectivity index (χ4v) is 5.28. The highest BCUT2D eigenvalue weighted by molar-refractivity contribution is 5.84. The maximum absolute atomic E-state index is 2.28. The van der Waals surface area contributed by atoms with Crippen molar-refractivity contribution in [2.45, 2.75) is 6.92 Å². The number of anilines is 2. The van der Waals surface area contributed by atoms with Gasteiger partial charge < -0.3 is 4.90 Å². The molecule has 6 rings (SSSR count). The van der Waals surface area contributed by atoms with Crippen LogP contribution in [-0.4, -0.2) is 0 Å². The molecule has 6 aromatic carbocycles. The van der Waals surface area contributed by atoms with Crippen molar-refractivity contribution in [3.63, 3.8) is 0 Å². The largest absolute Gasteiger partial charge is 0.317 e. The summed E-state index contributed by atoms with van der Waals surface area (Å²) in [7, 11) is 0. The fourth-order valence-electron chi connectivity index (χ4n) is 5.28. The molecule has 0 spiro atoms. The molecule has 0 heterocycles. The first kappa shape index (κ1) is 28.5. The highest BCUT2D eigenvalue weighted by Crippen LogP contribution is 2.32. The van der Waals surface area contributed by atoms with Crippen LogP contribution in [0.5, 0.6) is 0 Å². The maximum atomic E-state index is 2.28. The van der Waals surface area contributed by atoms with Crippen molar-refractivity contribution < 1.29 is 0 Å². The predicted molar refractivity (Wildman–Crippen MR) is 189 cm³/mol. The minimum absolute atomic E-state index is 1.10. The third kappa shape index (κ3) is 7.03. The number of benzene rings is 6. The van der Waals surface area contributed by atoms with E-state index in [1.165, 1.54) is 33.4 Å². The Morgan fingerprint density at radius 1 is 0.432 bits per heavy atom. The summed E-state index contributed by atoms with van der Waals surface area (Å²) < 4.78 is 0. The van der Waals surface area contributed by atoms with Crippen LogP contribution < -0.4 is 4.90 Å². The molecule has 0 amide bonds. The summed E-state index contributed by atoms with van der Waals surface area (Å²) >= 11 is 0. The van der Waals surface area contributed by atoms with E-state index >= 15 is 0 Å². The summed E-state index contributed by atoms with van der Waals surface area (Å²) in [6.07, 6.45) is 8.77. The topological polar surface area (TPSA) is 3.24 Å². The van der Waals surface area contributed by atoms with Crippen molar-refractivity contribution in [2.75, 3.05) is 4.90 Å². The van der Waals surface area contributed by atoms with Crippen molar-refractivity contribution in [3.05, 3.63) is 222 Å². The molecule has 212 valence electrons. The average Bonchev–Trinajstić information content (AvgIpc) is 3.10. The standard InChI is InChI=1S/C43H35N/c1-34-25-29-40(30-26-34)44(33-43(38-20-10-4-11-21-38)39-22-12-5-13-23-39)41-31-27-35(28-32-41)15-14-24-42(36-16-6-2-7-17-36)37-18-8-3-9-19-37/h2-33H,1H3. The van der Waals surface area contributed by atoms with E-state index in [2.05, 4.69) is 206 Å². The molecular weight excluding hydrogens is 530 g/mol. The average molecular weight is 566 g/mol. The molecular formula is C43H35N. The quantitative estimate of drug-likeness (QED) is 0.158. The molecule has 0 aliphatic carbocycles. The minimum Gasteiger partial charge on any atom is -0.317 e. The summed E-state index contributed by atoms with van der Waals surface area (Å²) in [4.78, 5) is 2.28. The van der Waals surface area contributed by atoms with E-state index in [-0.39, 0.29) is 0 Å². The fraction of sp³-hybridized carbons (Fsp3) is 0.0233. The van der Waals surface area contributed by atoms with Gasteiger partial charge in [-0.25, -0.2) is 0 Å². The van der Waals surface area contributed by atoms with Crippen LogP contribution in [0.15, 0.2) is 188 Å². The molecule has 0 unspecified atom stereocenters. The van der Waals surface area contributed by atoms with Crippen LogP contribution in [0.2, 0.25) is 0 Å². The number of allylic oxidation sites excluding steroid dienone is 2. The second kappa shape index (κ2) is 14.0. The summed E-state index contributed by atoms with van der Waals surface area (Å²) in [5.74, 6) is 0. The third-order valence-corrected chi connectivity index (χ3v) is 7.63. The molecule has 0 bridgehead atoms. The Morgan fingerprint density at radius 2 is 0.818 bits per heavy atom. The van der Waals surface area contributed by atoms with Gasteiger partial charge in [-0.1, -0.05) is 169 Å². The molecule has 1 nitrogen and oxygen atoms in total. The van der Waals surface area contributed by atoms with Crippen LogP contribution in [0.3, 0.4) is 0 Å². The Hall–Kier alpha value is -5.66. The third-order valence-electron chi connectivity index (χ3n) is 7.63. The lowest BCUT2D eigenvalue weighted by Crippen LogP contribution is -2.10. The van der Waals surface area contributed by atoms with E-state index in [1.807, 2.05) is 0 Å². The van der Waals surface area contributed by atoms with Gasteiger partial charge in [-0.15, -0.1) is 0 Å². The van der Waals surface area contributed by atoms with Gasteiger partial charge in [0.2, 0.25) is 0 Å². The minimum atomic E-state index is 1.10. The molecule has 1 heteroatoms. The summed E-state index contributed by atoms with van der Waals surface area (Å²) in [6, 6.07) is 59.8. The van der Waals surface area contributed by atoms with E-state index in [1.54, 1.807) is 0 Å². The summed E-state index contributed by atoms with van der Waals surface area (Å²) in [5, 5.41) is 0. The first-order valence-corrected chi connectivity index (χ1v) is 15.0. The second-order valence-corrected chi connectivity index (χ2v) is 10.7. The van der Waals surface area contributed by atoms with Crippen molar-refractivity contribution in [3.8, 4) is 0 Å². The molecule has 44 heavy (non-hydrogen) atoms. The van der Waals surface area contributed by atoms with Crippen LogP contribution >= 0.6 is 0 Å². The first-order chi connectivity index (χ1) is 21.7. The molecule has 0 aromatic heterocycles. The number of hydrogen-bond acceptors (Lipinski definition) is 1. The highest BCUT2D eigenvalue weighted by Gasteiger charge is 2.12. The molecule has 0 aliphatic heterocycles. The highest BCUT2D eigenvalue weighted by atomic mass is 15.1. The summed E-state index contributed by atoms with van der Waals surface area (Å²) in [6.45, 7) is 2.12. The normalized spacial score (nSPS) is 10.8. The van der Waals surface area contributed by atoms with Gasteiger partial charge in [0.25, 0.3) is 0 Å². The van der Waals surface area contributed by atoms with Crippen molar-refractivity contribution in [1.82, 2.24) is 0 Å². The maximum Gasteiger partial charge on any atom is 0.0456 e. The lowest BCUT2D eigenvalue weighted by Gasteiger charge is -2.24. The van der Waals surface area contributed by atoms with E-state index in [4.69, 9.17) is 0 Å². The molecule has 0 fully saturated rings. The van der Waals surface area contributed by atoms with Gasteiger partial charge >= 0.3 is 0 Å². The number of nitrogens with zero attached hydrogens (tertiary/aromatic N) is 1. The van der Waals surface area contributed by atoms with Crippen LogP contribution in [0.25, 0.3) is 17.2 Å². The lowest BCUT2D eigenvalue weighted by molar-refractivity contribution is 1.27. The zero-order chi connectivity index (χ0) is 30.0. The molecule has 0 aliphatic rings. The van der Waals surface area contributed by atoms with E-state index < -0.39 is 0 Å². The number of rotatable bonds is 9. The molecule has 0 radical (unpaired) electrons. The van der Waals surface area contributed by atoms with Crippen LogP contribution in [0, 0.1) is 6.92 Å². The smallest absolute Gasteiger partial charge is 0.0456 e. The Bertz CT molecular complexity index is 1770. The zero-order valence-electron chi connectivity index (χ0n) is 24.9. The Morgan fingerprint density at radius 3 is 1.25 bits per heavy atom. The monoisotopic (exact) mass is 565 g/mol. The second-order valence-electron chi connectivity index (χ2n) is 10.7. The van der Waals surface area contributed by atoms with E-state index in [0.29, 0.717) is 0 Å². The molecule has 0 saturated heterocycles. The van der Waals surface area contributed by atoms with Crippen molar-refractivity contribution >= 4 is 28.6 Å². The molecule has 6 aromatic rings.